The summed E-state index contributed by atoms with van der Waals surface area (Å²) < 4.78 is 38.9. The fourth-order valence-electron chi connectivity index (χ4n) is 2.25. The summed E-state index contributed by atoms with van der Waals surface area (Å²) in [6.45, 7) is 2.33. The van der Waals surface area contributed by atoms with E-state index in [1.165, 1.54) is 31.2 Å². The van der Waals surface area contributed by atoms with Gasteiger partial charge < -0.3 is 5.11 Å². The zero-order valence-electron chi connectivity index (χ0n) is 10.5. The highest BCUT2D eigenvalue weighted by atomic mass is 35.5. The Morgan fingerprint density at radius 3 is 2.11 bits per heavy atom. The Bertz CT molecular complexity index is 456. The molecule has 0 saturated carbocycles. The first-order chi connectivity index (χ1) is 8.66. The van der Waals surface area contributed by atoms with E-state index in [4.69, 9.17) is 11.6 Å². The van der Waals surface area contributed by atoms with Crippen LogP contribution in [-0.2, 0) is 10.2 Å². The van der Waals surface area contributed by atoms with Crippen LogP contribution in [0.5, 0.6) is 0 Å². The molecule has 0 fully saturated rings. The summed E-state index contributed by atoms with van der Waals surface area (Å²) in [5.41, 5.74) is -1.89. The summed E-state index contributed by atoms with van der Waals surface area (Å²) in [5, 5.41) is 9.69. The molecule has 0 aliphatic carbocycles. The highest BCUT2D eigenvalue weighted by Gasteiger charge is 2.55. The molecule has 19 heavy (non-hydrogen) atoms. The maximum atomic E-state index is 13.0. The van der Waals surface area contributed by atoms with E-state index < -0.39 is 23.5 Å². The molecule has 0 heterocycles. The lowest BCUT2D eigenvalue weighted by Crippen LogP contribution is -2.47. The SMILES string of the molecule is CCC(C(=O)O)(c1ccc(Cl)cc1)C(C)C(F)(F)F. The summed E-state index contributed by atoms with van der Waals surface area (Å²) in [4.78, 5) is 11.5. The molecule has 0 bridgehead atoms. The molecule has 1 N–H and O–H groups in total. The molecule has 0 aliphatic rings. The lowest BCUT2D eigenvalue weighted by atomic mass is 9.68. The third-order valence-corrected chi connectivity index (χ3v) is 3.78. The molecule has 2 unspecified atom stereocenters. The molecule has 0 radical (unpaired) electrons. The Labute approximate surface area is 114 Å². The molecule has 2 atom stereocenters. The molecule has 2 nitrogen and oxygen atoms in total. The molecule has 1 aromatic rings. The second-order valence-corrected chi connectivity index (χ2v) is 4.84. The van der Waals surface area contributed by atoms with E-state index in [-0.39, 0.29) is 12.0 Å². The molecule has 0 aliphatic heterocycles. The molecule has 0 aromatic heterocycles. The van der Waals surface area contributed by atoms with Crippen LogP contribution >= 0.6 is 11.6 Å². The van der Waals surface area contributed by atoms with E-state index in [1.54, 1.807) is 0 Å². The first kappa shape index (κ1) is 15.8. The first-order valence-corrected chi connectivity index (χ1v) is 6.10. The number of rotatable bonds is 4. The van der Waals surface area contributed by atoms with E-state index in [0.29, 0.717) is 5.02 Å². The quantitative estimate of drug-likeness (QED) is 0.900. The van der Waals surface area contributed by atoms with Gasteiger partial charge in [0.1, 0.15) is 5.41 Å². The van der Waals surface area contributed by atoms with Gasteiger partial charge in [0.15, 0.2) is 0 Å². The van der Waals surface area contributed by atoms with E-state index in [0.717, 1.165) is 6.92 Å². The van der Waals surface area contributed by atoms with Gasteiger partial charge in [0.05, 0.1) is 5.92 Å². The van der Waals surface area contributed by atoms with Crippen molar-refractivity contribution < 1.29 is 23.1 Å². The Morgan fingerprint density at radius 1 is 1.32 bits per heavy atom. The van der Waals surface area contributed by atoms with Crippen molar-refractivity contribution in [3.8, 4) is 0 Å². The summed E-state index contributed by atoms with van der Waals surface area (Å²) in [5.74, 6) is -3.48. The van der Waals surface area contributed by atoms with Gasteiger partial charge in [-0.25, -0.2) is 0 Å². The second-order valence-electron chi connectivity index (χ2n) is 4.40. The molecule has 1 aromatic carbocycles. The van der Waals surface area contributed by atoms with E-state index >= 15 is 0 Å². The van der Waals surface area contributed by atoms with E-state index in [2.05, 4.69) is 0 Å². The highest BCUT2D eigenvalue weighted by molar-refractivity contribution is 6.30. The Morgan fingerprint density at radius 2 is 1.79 bits per heavy atom. The highest BCUT2D eigenvalue weighted by Crippen LogP contribution is 2.44. The summed E-state index contributed by atoms with van der Waals surface area (Å²) in [6, 6.07) is 5.46. The number of alkyl halides is 3. The van der Waals surface area contributed by atoms with Crippen LogP contribution in [0.15, 0.2) is 24.3 Å². The van der Waals surface area contributed by atoms with Gasteiger partial charge in [-0.15, -0.1) is 0 Å². The van der Waals surface area contributed by atoms with Crippen LogP contribution in [-0.4, -0.2) is 17.3 Å². The van der Waals surface area contributed by atoms with Crippen molar-refractivity contribution in [3.63, 3.8) is 0 Å². The van der Waals surface area contributed by atoms with Gasteiger partial charge in [0.25, 0.3) is 0 Å². The molecule has 6 heteroatoms. The lowest BCUT2D eigenvalue weighted by Gasteiger charge is -2.36. The lowest BCUT2D eigenvalue weighted by molar-refractivity contribution is -0.198. The third-order valence-electron chi connectivity index (χ3n) is 3.53. The topological polar surface area (TPSA) is 37.3 Å². The Kier molecular flexibility index (Phi) is 4.50. The molecular weight excluding hydrogens is 281 g/mol. The minimum absolute atomic E-state index is 0.108. The van der Waals surface area contributed by atoms with Crippen molar-refractivity contribution in [3.05, 3.63) is 34.9 Å². The molecule has 0 amide bonds. The van der Waals surface area contributed by atoms with Crippen molar-refractivity contribution in [1.29, 1.82) is 0 Å². The smallest absolute Gasteiger partial charge is 0.392 e. The fourth-order valence-corrected chi connectivity index (χ4v) is 2.37. The summed E-state index contributed by atoms with van der Waals surface area (Å²) in [7, 11) is 0. The largest absolute Gasteiger partial charge is 0.481 e. The predicted octanol–water partition coefficient (Wildman–Crippen LogP) is 4.27. The monoisotopic (exact) mass is 294 g/mol. The Hall–Kier alpha value is -1.23. The number of carboxylic acid groups (broad SMARTS) is 1. The van der Waals surface area contributed by atoms with Crippen LogP contribution in [0.2, 0.25) is 5.02 Å². The van der Waals surface area contributed by atoms with Gasteiger partial charge in [-0.3, -0.25) is 4.79 Å². The van der Waals surface area contributed by atoms with Crippen LogP contribution < -0.4 is 0 Å². The standard InChI is InChI=1S/C13H14ClF3O2/c1-3-12(11(18)19,8(2)13(15,16)17)9-4-6-10(14)7-5-9/h4-8H,3H2,1-2H3,(H,18,19). The van der Waals surface area contributed by atoms with Crippen LogP contribution in [0, 0.1) is 5.92 Å². The third kappa shape index (κ3) is 2.86. The maximum Gasteiger partial charge on any atom is 0.392 e. The van der Waals surface area contributed by atoms with E-state index in [1.807, 2.05) is 0 Å². The molecule has 0 spiro atoms. The number of aliphatic carboxylic acids is 1. The Balaban J connectivity index is 3.43. The molecule has 106 valence electrons. The van der Waals surface area contributed by atoms with Gasteiger partial charge in [0.2, 0.25) is 0 Å². The van der Waals surface area contributed by atoms with Crippen LogP contribution in [0.25, 0.3) is 0 Å². The van der Waals surface area contributed by atoms with Crippen molar-refractivity contribution in [2.24, 2.45) is 5.92 Å². The van der Waals surface area contributed by atoms with Crippen molar-refractivity contribution in [1.82, 2.24) is 0 Å². The van der Waals surface area contributed by atoms with Crippen LogP contribution in [0.4, 0.5) is 13.2 Å². The maximum absolute atomic E-state index is 13.0. The number of hydrogen-bond acceptors (Lipinski definition) is 1. The van der Waals surface area contributed by atoms with Crippen molar-refractivity contribution >= 4 is 17.6 Å². The number of halogens is 4. The van der Waals surface area contributed by atoms with Crippen molar-refractivity contribution in [2.75, 3.05) is 0 Å². The van der Waals surface area contributed by atoms with E-state index in [9.17, 15) is 23.1 Å². The van der Waals surface area contributed by atoms with Gasteiger partial charge >= 0.3 is 12.1 Å². The number of hydrogen-bond donors (Lipinski definition) is 1. The molecular formula is C13H14ClF3O2. The number of carbonyl (C=O) groups is 1. The molecule has 0 saturated heterocycles. The van der Waals surface area contributed by atoms with Gasteiger partial charge in [-0.1, -0.05) is 37.6 Å². The minimum atomic E-state index is -4.59. The van der Waals surface area contributed by atoms with Gasteiger partial charge in [-0.2, -0.15) is 13.2 Å². The number of benzene rings is 1. The van der Waals surface area contributed by atoms with Crippen LogP contribution in [0.3, 0.4) is 0 Å². The molecule has 1 rings (SSSR count). The predicted molar refractivity (Wildman–Crippen MR) is 66.3 cm³/mol. The first-order valence-electron chi connectivity index (χ1n) is 5.72. The van der Waals surface area contributed by atoms with Gasteiger partial charge in [0, 0.05) is 5.02 Å². The minimum Gasteiger partial charge on any atom is -0.481 e. The second kappa shape index (κ2) is 5.41. The zero-order chi connectivity index (χ0) is 14.8. The van der Waals surface area contributed by atoms with Crippen LogP contribution in [0.1, 0.15) is 25.8 Å². The fraction of sp³-hybridized carbons (Fsp3) is 0.462. The summed E-state index contributed by atoms with van der Waals surface area (Å²) in [6.07, 6.45) is -4.75. The summed E-state index contributed by atoms with van der Waals surface area (Å²) >= 11 is 5.68. The van der Waals surface area contributed by atoms with Gasteiger partial charge in [-0.05, 0) is 24.1 Å². The number of carboxylic acids is 1. The normalized spacial score (nSPS) is 16.7. The zero-order valence-corrected chi connectivity index (χ0v) is 11.2. The average molecular weight is 295 g/mol. The average Bonchev–Trinajstić information content (AvgIpc) is 2.31. The van der Waals surface area contributed by atoms with Crippen molar-refractivity contribution in [2.45, 2.75) is 31.9 Å².